The summed E-state index contributed by atoms with van der Waals surface area (Å²) in [6.07, 6.45) is 0. The zero-order chi connectivity index (χ0) is 15.6. The minimum atomic E-state index is 0.282. The largest absolute Gasteiger partial charge is 0.495 e. The molecule has 0 radical (unpaired) electrons. The number of nitrogen functional groups attached to an aromatic ring is 1. The lowest BCUT2D eigenvalue weighted by molar-refractivity contribution is 0.415. The number of nitrogens with two attached hydrogens (primary N) is 1. The molecule has 1 aromatic carbocycles. The summed E-state index contributed by atoms with van der Waals surface area (Å²) in [4.78, 5) is 9.06. The van der Waals surface area contributed by atoms with Crippen molar-refractivity contribution >= 4 is 17.4 Å². The summed E-state index contributed by atoms with van der Waals surface area (Å²) < 4.78 is 5.15. The molecule has 1 heterocycles. The van der Waals surface area contributed by atoms with E-state index in [9.17, 15) is 0 Å². The van der Waals surface area contributed by atoms with Crippen LogP contribution in [0.1, 0.15) is 31.0 Å². The first-order chi connectivity index (χ1) is 9.97. The third-order valence-corrected chi connectivity index (χ3v) is 3.56. The van der Waals surface area contributed by atoms with Gasteiger partial charge in [0.1, 0.15) is 11.6 Å². The lowest BCUT2D eigenvalue weighted by Crippen LogP contribution is -2.14. The van der Waals surface area contributed by atoms with Gasteiger partial charge in [-0.3, -0.25) is 0 Å². The lowest BCUT2D eigenvalue weighted by atomic mass is 10.0. The van der Waals surface area contributed by atoms with Gasteiger partial charge in [-0.15, -0.1) is 0 Å². The molecule has 0 aliphatic carbocycles. The van der Waals surface area contributed by atoms with Gasteiger partial charge in [0.2, 0.25) is 0 Å². The molecular weight excluding hydrogens is 288 g/mol. The first kappa shape index (κ1) is 15.5. The number of nitrogens with one attached hydrogen (secondary N) is 1. The molecule has 0 fully saturated rings. The summed E-state index contributed by atoms with van der Waals surface area (Å²) in [5, 5.41) is 0.520. The molecule has 0 bridgehead atoms. The Balaban J connectivity index is 2.55. The molecule has 1 aromatic heterocycles. The monoisotopic (exact) mass is 306 g/mol. The minimum absolute atomic E-state index is 0.282. The number of ether oxygens (including phenoxy) is 1. The molecule has 21 heavy (non-hydrogen) atoms. The van der Waals surface area contributed by atoms with E-state index in [1.807, 2.05) is 13.0 Å². The van der Waals surface area contributed by atoms with Crippen LogP contribution in [0.15, 0.2) is 18.2 Å². The van der Waals surface area contributed by atoms with Gasteiger partial charge < -0.3 is 10.2 Å². The zero-order valence-electron chi connectivity index (χ0n) is 12.6. The van der Waals surface area contributed by atoms with Gasteiger partial charge in [-0.2, -0.15) is 0 Å². The maximum atomic E-state index is 6.15. The van der Waals surface area contributed by atoms with E-state index in [1.54, 1.807) is 19.2 Å². The van der Waals surface area contributed by atoms with Crippen molar-refractivity contribution in [1.82, 2.24) is 9.97 Å². The number of methoxy groups -OCH3 is 1. The Hall–Kier alpha value is -1.85. The van der Waals surface area contributed by atoms with Crippen molar-refractivity contribution in [3.8, 4) is 17.1 Å². The summed E-state index contributed by atoms with van der Waals surface area (Å²) >= 11 is 6.15. The van der Waals surface area contributed by atoms with E-state index < -0.39 is 0 Å². The Kier molecular flexibility index (Phi) is 4.65. The average molecular weight is 307 g/mol. The van der Waals surface area contributed by atoms with E-state index in [1.165, 1.54) is 0 Å². The average Bonchev–Trinajstić information content (AvgIpc) is 2.45. The fraction of sp³-hybridized carbons (Fsp3) is 0.333. The highest BCUT2D eigenvalue weighted by atomic mass is 35.5. The highest BCUT2D eigenvalue weighted by molar-refractivity contribution is 6.32. The summed E-state index contributed by atoms with van der Waals surface area (Å²) in [5.41, 5.74) is 5.38. The van der Waals surface area contributed by atoms with E-state index in [-0.39, 0.29) is 5.92 Å². The number of hydrogen-bond acceptors (Lipinski definition) is 5. The van der Waals surface area contributed by atoms with Gasteiger partial charge in [0.05, 0.1) is 12.1 Å². The van der Waals surface area contributed by atoms with Crippen LogP contribution in [0.25, 0.3) is 11.4 Å². The lowest BCUT2D eigenvalue weighted by Gasteiger charge is -2.15. The second kappa shape index (κ2) is 6.28. The molecule has 5 nitrogen and oxygen atoms in total. The molecule has 6 heteroatoms. The second-order valence-electron chi connectivity index (χ2n) is 5.04. The van der Waals surface area contributed by atoms with Gasteiger partial charge >= 0.3 is 0 Å². The zero-order valence-corrected chi connectivity index (χ0v) is 13.3. The third kappa shape index (κ3) is 3.09. The van der Waals surface area contributed by atoms with E-state index >= 15 is 0 Å². The van der Waals surface area contributed by atoms with Crippen LogP contribution in [0.5, 0.6) is 5.75 Å². The quantitative estimate of drug-likeness (QED) is 0.668. The number of aromatic nitrogens is 2. The predicted molar refractivity (Wildman–Crippen MR) is 85.7 cm³/mol. The van der Waals surface area contributed by atoms with Crippen LogP contribution >= 0.6 is 11.6 Å². The fourth-order valence-electron chi connectivity index (χ4n) is 2.32. The van der Waals surface area contributed by atoms with Crippen LogP contribution < -0.4 is 16.0 Å². The molecule has 2 aromatic rings. The third-order valence-electron chi connectivity index (χ3n) is 3.26. The predicted octanol–water partition coefficient (Wildman–Crippen LogP) is 3.52. The van der Waals surface area contributed by atoms with Crippen LogP contribution in [0.2, 0.25) is 5.02 Å². The van der Waals surface area contributed by atoms with Crippen molar-refractivity contribution in [2.24, 2.45) is 5.84 Å². The standard InChI is InChI=1S/C15H19ClN4O/c1-8(2)13-9(3)18-14(19-15(13)20-17)10-5-6-12(21-4)11(16)7-10/h5-8H,17H2,1-4H3,(H,18,19,20). The molecule has 3 N–H and O–H groups in total. The highest BCUT2D eigenvalue weighted by Crippen LogP contribution is 2.31. The molecule has 0 spiro atoms. The molecule has 0 unspecified atom stereocenters. The van der Waals surface area contributed by atoms with Crippen molar-refractivity contribution < 1.29 is 4.74 Å². The van der Waals surface area contributed by atoms with Gasteiger partial charge in [0.25, 0.3) is 0 Å². The maximum Gasteiger partial charge on any atom is 0.161 e. The summed E-state index contributed by atoms with van der Waals surface area (Å²) in [6.45, 7) is 6.11. The van der Waals surface area contributed by atoms with Crippen molar-refractivity contribution in [2.45, 2.75) is 26.7 Å². The van der Waals surface area contributed by atoms with Gasteiger partial charge in [0.15, 0.2) is 5.82 Å². The number of benzene rings is 1. The van der Waals surface area contributed by atoms with E-state index in [2.05, 4.69) is 29.2 Å². The van der Waals surface area contributed by atoms with Crippen molar-refractivity contribution in [1.29, 1.82) is 0 Å². The van der Waals surface area contributed by atoms with Crippen LogP contribution in [0.4, 0.5) is 5.82 Å². The number of rotatable bonds is 4. The SMILES string of the molecule is COc1ccc(-c2nc(C)c(C(C)C)c(NN)n2)cc1Cl. The number of nitrogens with zero attached hydrogens (tertiary/aromatic N) is 2. The van der Waals surface area contributed by atoms with Crippen molar-refractivity contribution in [2.75, 3.05) is 12.5 Å². The van der Waals surface area contributed by atoms with Crippen LogP contribution in [-0.2, 0) is 0 Å². The Bertz CT molecular complexity index is 658. The minimum Gasteiger partial charge on any atom is -0.495 e. The Morgan fingerprint density at radius 2 is 2.00 bits per heavy atom. The molecule has 0 aliphatic rings. The van der Waals surface area contributed by atoms with Gasteiger partial charge in [0, 0.05) is 16.8 Å². The molecule has 0 atom stereocenters. The summed E-state index contributed by atoms with van der Waals surface area (Å²) in [6, 6.07) is 5.45. The Morgan fingerprint density at radius 1 is 1.29 bits per heavy atom. The number of hydrazine groups is 1. The van der Waals surface area contributed by atoms with E-state index in [0.29, 0.717) is 22.4 Å². The smallest absolute Gasteiger partial charge is 0.161 e. The highest BCUT2D eigenvalue weighted by Gasteiger charge is 2.15. The van der Waals surface area contributed by atoms with E-state index in [0.717, 1.165) is 16.8 Å². The summed E-state index contributed by atoms with van der Waals surface area (Å²) in [7, 11) is 1.58. The number of anilines is 1. The number of halogens is 1. The Morgan fingerprint density at radius 3 is 2.52 bits per heavy atom. The number of aryl methyl sites for hydroxylation is 1. The molecular formula is C15H19ClN4O. The molecule has 0 saturated heterocycles. The van der Waals surface area contributed by atoms with E-state index in [4.69, 9.17) is 22.2 Å². The summed E-state index contributed by atoms with van der Waals surface area (Å²) in [5.74, 6) is 7.71. The molecule has 0 amide bonds. The molecule has 0 saturated carbocycles. The normalized spacial score (nSPS) is 10.8. The first-order valence-corrected chi connectivity index (χ1v) is 7.04. The Labute approximate surface area is 129 Å². The van der Waals surface area contributed by atoms with Gasteiger partial charge in [-0.1, -0.05) is 25.4 Å². The second-order valence-corrected chi connectivity index (χ2v) is 5.45. The maximum absolute atomic E-state index is 6.15. The molecule has 112 valence electrons. The first-order valence-electron chi connectivity index (χ1n) is 6.67. The van der Waals surface area contributed by atoms with Crippen molar-refractivity contribution in [3.63, 3.8) is 0 Å². The number of hydrogen-bond donors (Lipinski definition) is 2. The topological polar surface area (TPSA) is 73.1 Å². The fourth-order valence-corrected chi connectivity index (χ4v) is 2.58. The van der Waals surface area contributed by atoms with Crippen LogP contribution in [0.3, 0.4) is 0 Å². The van der Waals surface area contributed by atoms with Gasteiger partial charge in [-0.25, -0.2) is 15.8 Å². The molecule has 2 rings (SSSR count). The molecule has 0 aliphatic heterocycles. The van der Waals surface area contributed by atoms with Crippen LogP contribution in [-0.4, -0.2) is 17.1 Å². The van der Waals surface area contributed by atoms with Gasteiger partial charge in [-0.05, 0) is 31.0 Å². The van der Waals surface area contributed by atoms with Crippen molar-refractivity contribution in [3.05, 3.63) is 34.5 Å². The van der Waals surface area contributed by atoms with Crippen LogP contribution in [0, 0.1) is 6.92 Å².